The highest BCUT2D eigenvalue weighted by Crippen LogP contribution is 2.34. The Morgan fingerprint density at radius 1 is 1.33 bits per heavy atom. The van der Waals surface area contributed by atoms with E-state index in [1.807, 2.05) is 0 Å². The first-order valence-corrected chi connectivity index (χ1v) is 4.71. The van der Waals surface area contributed by atoms with Gasteiger partial charge in [0.1, 0.15) is 0 Å². The van der Waals surface area contributed by atoms with Gasteiger partial charge in [0, 0.05) is 19.6 Å². The first-order valence-electron chi connectivity index (χ1n) is 4.71. The Morgan fingerprint density at radius 2 is 2.25 bits per heavy atom. The lowest BCUT2D eigenvalue weighted by Crippen LogP contribution is -2.28. The average Bonchev–Trinajstić information content (AvgIpc) is 2.42. The van der Waals surface area contributed by atoms with Crippen LogP contribution in [0.2, 0.25) is 0 Å². The van der Waals surface area contributed by atoms with Gasteiger partial charge >= 0.3 is 0 Å². The van der Waals surface area contributed by atoms with Crippen LogP contribution in [0.15, 0.2) is 0 Å². The monoisotopic (exact) mass is 169 g/mol. The minimum atomic E-state index is 0.0547. The lowest BCUT2D eigenvalue weighted by molar-refractivity contribution is -0.121. The van der Waals surface area contributed by atoms with Crippen molar-refractivity contribution in [1.29, 1.82) is 0 Å². The fourth-order valence-electron chi connectivity index (χ4n) is 2.13. The fraction of sp³-hybridized carbons (Fsp3) is 0.889. The molecule has 2 fully saturated rings. The van der Waals surface area contributed by atoms with Crippen LogP contribution in [0, 0.1) is 0 Å². The van der Waals surface area contributed by atoms with Crippen LogP contribution >= 0.6 is 0 Å². The van der Waals surface area contributed by atoms with Crippen molar-refractivity contribution in [2.45, 2.75) is 37.7 Å². The van der Waals surface area contributed by atoms with E-state index in [0.717, 1.165) is 38.8 Å². The maximum absolute atomic E-state index is 11.1. The van der Waals surface area contributed by atoms with E-state index in [9.17, 15) is 4.79 Å². The van der Waals surface area contributed by atoms with Crippen LogP contribution in [0.25, 0.3) is 0 Å². The quantitative estimate of drug-likeness (QED) is 0.583. The molecule has 0 radical (unpaired) electrons. The lowest BCUT2D eigenvalue weighted by atomic mass is 9.92. The molecule has 2 saturated heterocycles. The zero-order valence-corrected chi connectivity index (χ0v) is 7.27. The molecular formula is C9H15NO2. The van der Waals surface area contributed by atoms with E-state index >= 15 is 0 Å². The second-order valence-corrected chi connectivity index (χ2v) is 3.73. The van der Waals surface area contributed by atoms with Crippen molar-refractivity contribution in [1.82, 2.24) is 5.32 Å². The van der Waals surface area contributed by atoms with Gasteiger partial charge in [0.05, 0.1) is 5.60 Å². The molecule has 2 rings (SSSR count). The first-order chi connectivity index (χ1) is 5.81. The summed E-state index contributed by atoms with van der Waals surface area (Å²) in [6.45, 7) is 1.67. The van der Waals surface area contributed by atoms with Gasteiger partial charge in [0.15, 0.2) is 0 Å². The van der Waals surface area contributed by atoms with Crippen LogP contribution < -0.4 is 5.32 Å². The summed E-state index contributed by atoms with van der Waals surface area (Å²) in [5, 5.41) is 2.88. The van der Waals surface area contributed by atoms with Crippen molar-refractivity contribution in [3.8, 4) is 0 Å². The van der Waals surface area contributed by atoms with Crippen molar-refractivity contribution in [3.63, 3.8) is 0 Å². The number of hydrogen-bond donors (Lipinski definition) is 1. The summed E-state index contributed by atoms with van der Waals surface area (Å²) >= 11 is 0. The summed E-state index contributed by atoms with van der Waals surface area (Å²) < 4.78 is 5.72. The molecule has 2 aliphatic heterocycles. The van der Waals surface area contributed by atoms with E-state index in [1.54, 1.807) is 0 Å². The third kappa shape index (κ3) is 1.46. The Hall–Kier alpha value is -0.570. The first kappa shape index (κ1) is 8.05. The number of rotatable bonds is 0. The minimum absolute atomic E-state index is 0.0547. The summed E-state index contributed by atoms with van der Waals surface area (Å²) in [6.07, 6.45) is 4.85. The predicted octanol–water partition coefficient (Wildman–Crippen LogP) is 0.836. The zero-order chi connectivity index (χ0) is 8.44. The minimum Gasteiger partial charge on any atom is -0.375 e. The third-order valence-corrected chi connectivity index (χ3v) is 2.90. The summed E-state index contributed by atoms with van der Waals surface area (Å²) in [5.74, 6) is 0.183. The van der Waals surface area contributed by atoms with Gasteiger partial charge in [-0.25, -0.2) is 0 Å². The Morgan fingerprint density at radius 3 is 3.00 bits per heavy atom. The fourth-order valence-corrected chi connectivity index (χ4v) is 2.13. The molecule has 0 aromatic rings. The molecule has 1 amide bonds. The highest BCUT2D eigenvalue weighted by atomic mass is 16.5. The largest absolute Gasteiger partial charge is 0.375 e. The van der Waals surface area contributed by atoms with Gasteiger partial charge in [0.2, 0.25) is 5.91 Å². The molecule has 1 spiro atoms. The topological polar surface area (TPSA) is 38.3 Å². The summed E-state index contributed by atoms with van der Waals surface area (Å²) in [4.78, 5) is 11.1. The molecular weight excluding hydrogens is 154 g/mol. The SMILES string of the molecule is O=C1CCC2(CCCO2)CCN1. The van der Waals surface area contributed by atoms with E-state index in [0.29, 0.717) is 6.42 Å². The smallest absolute Gasteiger partial charge is 0.220 e. The molecule has 0 aliphatic carbocycles. The number of hydrogen-bond acceptors (Lipinski definition) is 2. The number of nitrogens with one attached hydrogen (secondary N) is 1. The number of ether oxygens (including phenoxy) is 1. The molecule has 68 valence electrons. The van der Waals surface area contributed by atoms with E-state index in [2.05, 4.69) is 5.32 Å². The van der Waals surface area contributed by atoms with Crippen LogP contribution in [-0.2, 0) is 9.53 Å². The molecule has 0 bridgehead atoms. The van der Waals surface area contributed by atoms with Crippen molar-refractivity contribution >= 4 is 5.91 Å². The van der Waals surface area contributed by atoms with Crippen LogP contribution in [0.4, 0.5) is 0 Å². The molecule has 1 atom stereocenters. The standard InChI is InChI=1S/C9H15NO2/c11-8-2-4-9(5-6-10-8)3-1-7-12-9/h1-7H2,(H,10,11). The van der Waals surface area contributed by atoms with Crippen molar-refractivity contribution < 1.29 is 9.53 Å². The Labute approximate surface area is 72.5 Å². The van der Waals surface area contributed by atoms with Crippen molar-refractivity contribution in [3.05, 3.63) is 0 Å². The van der Waals surface area contributed by atoms with Gasteiger partial charge in [-0.1, -0.05) is 0 Å². The summed E-state index contributed by atoms with van der Waals surface area (Å²) in [5.41, 5.74) is 0.0547. The Kier molecular flexibility index (Phi) is 2.05. The van der Waals surface area contributed by atoms with Crippen LogP contribution in [0.1, 0.15) is 32.1 Å². The lowest BCUT2D eigenvalue weighted by Gasteiger charge is -2.25. The second kappa shape index (κ2) is 3.05. The third-order valence-electron chi connectivity index (χ3n) is 2.90. The van der Waals surface area contributed by atoms with Gasteiger partial charge in [-0.05, 0) is 25.7 Å². The highest BCUT2D eigenvalue weighted by Gasteiger charge is 2.36. The molecule has 0 saturated carbocycles. The van der Waals surface area contributed by atoms with E-state index in [1.165, 1.54) is 0 Å². The molecule has 0 aromatic carbocycles. The van der Waals surface area contributed by atoms with E-state index in [-0.39, 0.29) is 11.5 Å². The number of carbonyl (C=O) groups excluding carboxylic acids is 1. The van der Waals surface area contributed by atoms with Gasteiger partial charge in [-0.3, -0.25) is 4.79 Å². The van der Waals surface area contributed by atoms with Crippen LogP contribution in [0.5, 0.6) is 0 Å². The van der Waals surface area contributed by atoms with Crippen LogP contribution in [-0.4, -0.2) is 24.7 Å². The zero-order valence-electron chi connectivity index (χ0n) is 7.27. The molecule has 3 nitrogen and oxygen atoms in total. The van der Waals surface area contributed by atoms with Crippen molar-refractivity contribution in [2.75, 3.05) is 13.2 Å². The molecule has 1 unspecified atom stereocenters. The number of amides is 1. The average molecular weight is 169 g/mol. The highest BCUT2D eigenvalue weighted by molar-refractivity contribution is 5.76. The van der Waals surface area contributed by atoms with Crippen molar-refractivity contribution in [2.24, 2.45) is 0 Å². The molecule has 1 N–H and O–H groups in total. The molecule has 2 aliphatic rings. The molecule has 12 heavy (non-hydrogen) atoms. The second-order valence-electron chi connectivity index (χ2n) is 3.73. The molecule has 2 heterocycles. The van der Waals surface area contributed by atoms with Gasteiger partial charge < -0.3 is 10.1 Å². The normalized spacial score (nSPS) is 36.5. The predicted molar refractivity (Wildman–Crippen MR) is 44.8 cm³/mol. The van der Waals surface area contributed by atoms with Gasteiger partial charge in [-0.2, -0.15) is 0 Å². The Bertz CT molecular complexity index is 185. The van der Waals surface area contributed by atoms with E-state index < -0.39 is 0 Å². The van der Waals surface area contributed by atoms with Crippen LogP contribution in [0.3, 0.4) is 0 Å². The molecule has 0 aromatic heterocycles. The van der Waals surface area contributed by atoms with Gasteiger partial charge in [0.25, 0.3) is 0 Å². The summed E-state index contributed by atoms with van der Waals surface area (Å²) in [7, 11) is 0. The molecule has 3 heteroatoms. The maximum Gasteiger partial charge on any atom is 0.220 e. The van der Waals surface area contributed by atoms with E-state index in [4.69, 9.17) is 4.74 Å². The van der Waals surface area contributed by atoms with Gasteiger partial charge in [-0.15, -0.1) is 0 Å². The number of carbonyl (C=O) groups is 1. The Balaban J connectivity index is 2.01. The maximum atomic E-state index is 11.1. The summed E-state index contributed by atoms with van der Waals surface area (Å²) in [6, 6.07) is 0.